The lowest BCUT2D eigenvalue weighted by Crippen LogP contribution is -2.56. The van der Waals surface area contributed by atoms with Gasteiger partial charge in [0.25, 0.3) is 0 Å². The van der Waals surface area contributed by atoms with Crippen molar-refractivity contribution in [1.82, 2.24) is 20.2 Å². The van der Waals surface area contributed by atoms with Gasteiger partial charge < -0.3 is 20.2 Å². The zero-order chi connectivity index (χ0) is 21.6. The van der Waals surface area contributed by atoms with Crippen LogP contribution in [-0.4, -0.2) is 70.6 Å². The number of hydrogen-bond donors (Lipinski definition) is 2. The Kier molecular flexibility index (Phi) is 6.37. The van der Waals surface area contributed by atoms with Gasteiger partial charge in [-0.2, -0.15) is 0 Å². The van der Waals surface area contributed by atoms with Crippen LogP contribution in [0.2, 0.25) is 0 Å². The van der Waals surface area contributed by atoms with E-state index < -0.39 is 12.6 Å². The van der Waals surface area contributed by atoms with Gasteiger partial charge in [0.15, 0.2) is 0 Å². The predicted molar refractivity (Wildman–Crippen MR) is 117 cm³/mol. The summed E-state index contributed by atoms with van der Waals surface area (Å²) in [4.78, 5) is 37.5. The fourth-order valence-corrected chi connectivity index (χ4v) is 3.77. The van der Waals surface area contributed by atoms with Crippen molar-refractivity contribution in [2.24, 2.45) is 0 Å². The molecule has 31 heavy (non-hydrogen) atoms. The minimum absolute atomic E-state index is 0.147. The molecular formula is C23H25N5O3. The van der Waals surface area contributed by atoms with Gasteiger partial charge >= 0.3 is 0 Å². The number of amides is 2. The first kappa shape index (κ1) is 20.7. The average Bonchev–Trinajstić information content (AvgIpc) is 2.82. The molecule has 2 aromatic carbocycles. The number of hydrogen-bond acceptors (Lipinski definition) is 6. The highest BCUT2D eigenvalue weighted by Crippen LogP contribution is 2.16. The van der Waals surface area contributed by atoms with Crippen molar-refractivity contribution in [2.75, 3.05) is 37.7 Å². The number of benzene rings is 2. The largest absolute Gasteiger partial charge is 0.394 e. The molecule has 2 N–H and O–H groups in total. The number of piperazine rings is 1. The highest BCUT2D eigenvalue weighted by Gasteiger charge is 2.28. The molecule has 4 rings (SSSR count). The molecule has 2 amide bonds. The maximum Gasteiger partial charge on any atom is 0.247 e. The van der Waals surface area contributed by atoms with Crippen LogP contribution in [0.25, 0.3) is 10.8 Å². The molecule has 1 saturated heterocycles. The summed E-state index contributed by atoms with van der Waals surface area (Å²) in [6.45, 7) is 1.71. The minimum atomic E-state index is -0.951. The number of fused-ring (bicyclic) bond motifs is 1. The Morgan fingerprint density at radius 1 is 0.968 bits per heavy atom. The van der Waals surface area contributed by atoms with Crippen LogP contribution in [0.4, 0.5) is 5.95 Å². The third kappa shape index (κ3) is 4.97. The molecule has 1 aliphatic rings. The van der Waals surface area contributed by atoms with Gasteiger partial charge in [0.05, 0.1) is 13.0 Å². The molecule has 1 atom stereocenters. The van der Waals surface area contributed by atoms with Gasteiger partial charge in [-0.15, -0.1) is 0 Å². The first-order chi connectivity index (χ1) is 15.1. The van der Waals surface area contributed by atoms with Crippen LogP contribution in [0.5, 0.6) is 0 Å². The Labute approximate surface area is 180 Å². The molecule has 8 heteroatoms. The summed E-state index contributed by atoms with van der Waals surface area (Å²) in [5.74, 6) is 0.0685. The molecule has 1 aromatic heterocycles. The lowest BCUT2D eigenvalue weighted by atomic mass is 10.0. The van der Waals surface area contributed by atoms with Gasteiger partial charge in [0.1, 0.15) is 6.04 Å². The first-order valence-corrected chi connectivity index (χ1v) is 10.3. The quantitative estimate of drug-likeness (QED) is 0.619. The highest BCUT2D eigenvalue weighted by molar-refractivity contribution is 5.89. The van der Waals surface area contributed by atoms with E-state index in [0.717, 1.165) is 16.3 Å². The van der Waals surface area contributed by atoms with Gasteiger partial charge in [-0.05, 0) is 22.4 Å². The third-order valence-corrected chi connectivity index (χ3v) is 5.42. The second kappa shape index (κ2) is 9.53. The van der Waals surface area contributed by atoms with Crippen molar-refractivity contribution in [3.8, 4) is 0 Å². The van der Waals surface area contributed by atoms with Crippen LogP contribution >= 0.6 is 0 Å². The van der Waals surface area contributed by atoms with Gasteiger partial charge in [-0.25, -0.2) is 9.97 Å². The summed E-state index contributed by atoms with van der Waals surface area (Å²) in [6.07, 6.45) is 3.52. The number of carbonyl (C=O) groups is 2. The van der Waals surface area contributed by atoms with Crippen molar-refractivity contribution in [1.29, 1.82) is 0 Å². The number of anilines is 1. The second-order valence-corrected chi connectivity index (χ2v) is 7.52. The van der Waals surface area contributed by atoms with Crippen molar-refractivity contribution < 1.29 is 14.7 Å². The van der Waals surface area contributed by atoms with Crippen molar-refractivity contribution in [3.63, 3.8) is 0 Å². The number of aromatic nitrogens is 2. The van der Waals surface area contributed by atoms with E-state index in [0.29, 0.717) is 32.1 Å². The molecule has 0 saturated carbocycles. The molecule has 160 valence electrons. The van der Waals surface area contributed by atoms with E-state index in [2.05, 4.69) is 15.3 Å². The Bertz CT molecular complexity index is 1050. The van der Waals surface area contributed by atoms with Crippen molar-refractivity contribution in [2.45, 2.75) is 12.5 Å². The summed E-state index contributed by atoms with van der Waals surface area (Å²) in [5.41, 5.74) is 0.858. The Morgan fingerprint density at radius 3 is 2.39 bits per heavy atom. The van der Waals surface area contributed by atoms with Gasteiger partial charge in [0.2, 0.25) is 17.8 Å². The Balaban J connectivity index is 1.32. The fraction of sp³-hybridized carbons (Fsp3) is 0.304. The molecule has 2 heterocycles. The minimum Gasteiger partial charge on any atom is -0.394 e. The topological polar surface area (TPSA) is 98.7 Å². The molecule has 0 bridgehead atoms. The summed E-state index contributed by atoms with van der Waals surface area (Å²) >= 11 is 0. The third-order valence-electron chi connectivity index (χ3n) is 5.42. The van der Waals surface area contributed by atoms with Gasteiger partial charge in [0, 0.05) is 38.6 Å². The predicted octanol–water partition coefficient (Wildman–Crippen LogP) is 0.998. The molecule has 1 fully saturated rings. The molecule has 8 nitrogen and oxygen atoms in total. The van der Waals surface area contributed by atoms with E-state index in [1.807, 2.05) is 47.4 Å². The highest BCUT2D eigenvalue weighted by atomic mass is 16.3. The average molecular weight is 419 g/mol. The number of aliphatic hydroxyl groups is 1. The molecule has 0 radical (unpaired) electrons. The van der Waals surface area contributed by atoms with E-state index in [4.69, 9.17) is 0 Å². The number of rotatable bonds is 6. The summed E-state index contributed by atoms with van der Waals surface area (Å²) < 4.78 is 0. The Morgan fingerprint density at radius 2 is 1.68 bits per heavy atom. The number of nitrogens with zero attached hydrogens (tertiary/aromatic N) is 4. The number of aliphatic hydroxyl groups excluding tert-OH is 1. The van der Waals surface area contributed by atoms with Crippen molar-refractivity contribution in [3.05, 3.63) is 66.5 Å². The lowest BCUT2D eigenvalue weighted by Gasteiger charge is -2.36. The van der Waals surface area contributed by atoms with Crippen LogP contribution < -0.4 is 10.2 Å². The monoisotopic (exact) mass is 419 g/mol. The summed E-state index contributed by atoms with van der Waals surface area (Å²) in [7, 11) is 0. The van der Waals surface area contributed by atoms with Crippen LogP contribution in [0.3, 0.4) is 0 Å². The van der Waals surface area contributed by atoms with Crippen LogP contribution in [0.15, 0.2) is 60.9 Å². The normalized spacial score (nSPS) is 15.0. The van der Waals surface area contributed by atoms with Gasteiger partial charge in [-0.3, -0.25) is 9.59 Å². The fourth-order valence-electron chi connectivity index (χ4n) is 3.77. The maximum atomic E-state index is 12.8. The molecule has 3 aromatic rings. The SMILES string of the molecule is O=C(Cc1ccc2ccccc2c1)NC(CO)C(=O)N1CCN(c2ncccn2)CC1. The number of nitrogens with one attached hydrogen (secondary N) is 1. The van der Waals surface area contributed by atoms with Gasteiger partial charge in [-0.1, -0.05) is 42.5 Å². The molecule has 0 spiro atoms. The maximum absolute atomic E-state index is 12.8. The van der Waals surface area contributed by atoms with Crippen LogP contribution in [-0.2, 0) is 16.0 Å². The smallest absolute Gasteiger partial charge is 0.247 e. The zero-order valence-electron chi connectivity index (χ0n) is 17.1. The van der Waals surface area contributed by atoms with E-state index in [1.54, 1.807) is 23.4 Å². The standard InChI is InChI=1S/C23H25N5O3/c29-16-20(22(31)27-10-12-28(13-11-27)23-24-8-3-9-25-23)26-21(30)15-17-6-7-18-4-1-2-5-19(18)14-17/h1-9,14,20,29H,10-13,15-16H2,(H,26,30). The van der Waals surface area contributed by atoms with E-state index in [1.165, 1.54) is 0 Å². The van der Waals surface area contributed by atoms with E-state index in [-0.39, 0.29) is 18.2 Å². The van der Waals surface area contributed by atoms with E-state index >= 15 is 0 Å². The Hall–Kier alpha value is -3.52. The molecule has 1 aliphatic heterocycles. The first-order valence-electron chi connectivity index (χ1n) is 10.3. The molecule has 1 unspecified atom stereocenters. The number of carbonyl (C=O) groups excluding carboxylic acids is 2. The zero-order valence-corrected chi connectivity index (χ0v) is 17.1. The van der Waals surface area contributed by atoms with E-state index in [9.17, 15) is 14.7 Å². The summed E-state index contributed by atoms with van der Waals surface area (Å²) in [5, 5.41) is 14.6. The van der Waals surface area contributed by atoms with Crippen molar-refractivity contribution >= 4 is 28.5 Å². The van der Waals surface area contributed by atoms with Crippen LogP contribution in [0.1, 0.15) is 5.56 Å². The summed E-state index contributed by atoms with van der Waals surface area (Å²) in [6, 6.07) is 14.6. The molecule has 0 aliphatic carbocycles. The molecular weight excluding hydrogens is 394 g/mol. The van der Waals surface area contributed by atoms with Crippen LogP contribution in [0, 0.1) is 0 Å². The lowest BCUT2D eigenvalue weighted by molar-refractivity contribution is -0.137. The second-order valence-electron chi connectivity index (χ2n) is 7.52.